The number of allylic oxidation sites excluding steroid dienone is 4. The van der Waals surface area contributed by atoms with Crippen molar-refractivity contribution in [2.75, 3.05) is 0 Å². The van der Waals surface area contributed by atoms with Gasteiger partial charge in [0.1, 0.15) is 0 Å². The molecule has 0 saturated carbocycles. The van der Waals surface area contributed by atoms with Crippen molar-refractivity contribution in [3.05, 3.63) is 23.3 Å². The van der Waals surface area contributed by atoms with E-state index in [0.717, 1.165) is 12.8 Å². The molecule has 0 aliphatic heterocycles. The van der Waals surface area contributed by atoms with E-state index < -0.39 is 0 Å². The van der Waals surface area contributed by atoms with Crippen molar-refractivity contribution in [3.63, 3.8) is 0 Å². The van der Waals surface area contributed by atoms with Crippen LogP contribution in [0.1, 0.15) is 33.6 Å². The maximum absolute atomic E-state index is 10.6. The van der Waals surface area contributed by atoms with E-state index in [4.69, 9.17) is 11.6 Å². The summed E-state index contributed by atoms with van der Waals surface area (Å²) in [6, 6.07) is 0. The molecule has 0 aromatic heterocycles. The minimum absolute atomic E-state index is 0.379. The molecule has 0 amide bonds. The maximum Gasteiger partial charge on any atom is 0.248 e. The van der Waals surface area contributed by atoms with Crippen molar-refractivity contribution in [3.8, 4) is 0 Å². The zero-order valence-corrected chi connectivity index (χ0v) is 8.61. The molecule has 0 unspecified atom stereocenters. The summed E-state index contributed by atoms with van der Waals surface area (Å²) in [5.41, 5.74) is 1.86. The third kappa shape index (κ3) is 5.14. The molecule has 0 rings (SSSR count). The van der Waals surface area contributed by atoms with Crippen molar-refractivity contribution in [2.24, 2.45) is 0 Å². The van der Waals surface area contributed by atoms with Crippen molar-refractivity contribution >= 4 is 16.8 Å². The first-order chi connectivity index (χ1) is 5.57. The lowest BCUT2D eigenvalue weighted by Gasteiger charge is -1.94. The summed E-state index contributed by atoms with van der Waals surface area (Å²) < 4.78 is 0. The molecular formula is C10H15ClO. The van der Waals surface area contributed by atoms with Crippen LogP contribution in [0.5, 0.6) is 0 Å². The van der Waals surface area contributed by atoms with Crippen LogP contribution >= 0.6 is 11.6 Å². The first-order valence-electron chi connectivity index (χ1n) is 4.11. The van der Waals surface area contributed by atoms with Crippen molar-refractivity contribution in [2.45, 2.75) is 33.6 Å². The normalized spacial score (nSPS) is 13.3. The molecule has 0 N–H and O–H groups in total. The highest BCUT2D eigenvalue weighted by atomic mass is 35.5. The number of carbonyl (C=O) groups excluding carboxylic acids is 1. The van der Waals surface area contributed by atoms with Gasteiger partial charge in [0.05, 0.1) is 0 Å². The number of hydrogen-bond acceptors (Lipinski definition) is 1. The van der Waals surface area contributed by atoms with Crippen LogP contribution < -0.4 is 0 Å². The molecular weight excluding hydrogens is 172 g/mol. The fraction of sp³-hybridized carbons (Fsp3) is 0.500. The predicted octanol–water partition coefficient (Wildman–Crippen LogP) is 3.44. The largest absolute Gasteiger partial charge is 0.276 e. The van der Waals surface area contributed by atoms with Gasteiger partial charge in [0.15, 0.2) is 0 Å². The van der Waals surface area contributed by atoms with Crippen LogP contribution in [0.4, 0.5) is 0 Å². The summed E-state index contributed by atoms with van der Waals surface area (Å²) in [6.45, 7) is 5.89. The number of hydrogen-bond donors (Lipinski definition) is 0. The zero-order chi connectivity index (χ0) is 9.56. The number of carbonyl (C=O) groups is 1. The van der Waals surface area contributed by atoms with Gasteiger partial charge in [-0.3, -0.25) is 4.79 Å². The van der Waals surface area contributed by atoms with E-state index >= 15 is 0 Å². The molecule has 0 bridgehead atoms. The van der Waals surface area contributed by atoms with Gasteiger partial charge < -0.3 is 0 Å². The second-order valence-electron chi connectivity index (χ2n) is 2.89. The van der Waals surface area contributed by atoms with E-state index in [-0.39, 0.29) is 5.24 Å². The van der Waals surface area contributed by atoms with Gasteiger partial charge in [0.25, 0.3) is 0 Å². The maximum atomic E-state index is 10.6. The van der Waals surface area contributed by atoms with Gasteiger partial charge >= 0.3 is 0 Å². The molecule has 0 fully saturated rings. The third-order valence-electron chi connectivity index (χ3n) is 1.57. The molecule has 0 aliphatic carbocycles. The smallest absolute Gasteiger partial charge is 0.248 e. The molecule has 0 aromatic carbocycles. The van der Waals surface area contributed by atoms with Crippen LogP contribution in [-0.2, 0) is 4.79 Å². The van der Waals surface area contributed by atoms with Gasteiger partial charge in [0.2, 0.25) is 5.24 Å². The Kier molecular flexibility index (Phi) is 5.73. The van der Waals surface area contributed by atoms with E-state index in [9.17, 15) is 4.79 Å². The van der Waals surface area contributed by atoms with Crippen LogP contribution in [0.3, 0.4) is 0 Å². The van der Waals surface area contributed by atoms with Gasteiger partial charge in [-0.25, -0.2) is 0 Å². The molecule has 2 heteroatoms. The molecule has 0 aromatic rings. The SMILES string of the molecule is CCC/C(C)=C/C=C(\C)C(=O)Cl. The Labute approximate surface area is 79.1 Å². The van der Waals surface area contributed by atoms with Gasteiger partial charge in [-0.1, -0.05) is 31.1 Å². The molecule has 0 aliphatic rings. The standard InChI is InChI=1S/C10H15ClO/c1-4-5-8(2)6-7-9(3)10(11)12/h6-7H,4-5H2,1-3H3/b8-6+,9-7+. The van der Waals surface area contributed by atoms with E-state index in [0.29, 0.717) is 5.57 Å². The van der Waals surface area contributed by atoms with Gasteiger partial charge in [-0.15, -0.1) is 0 Å². The highest BCUT2D eigenvalue weighted by Crippen LogP contribution is 2.05. The number of halogens is 1. The minimum Gasteiger partial charge on any atom is -0.276 e. The molecule has 1 nitrogen and oxygen atoms in total. The quantitative estimate of drug-likeness (QED) is 0.374. The Bertz CT molecular complexity index is 214. The van der Waals surface area contributed by atoms with Crippen molar-refractivity contribution < 1.29 is 4.79 Å². The van der Waals surface area contributed by atoms with Crippen LogP contribution in [0.2, 0.25) is 0 Å². The summed E-state index contributed by atoms with van der Waals surface area (Å²) in [7, 11) is 0. The van der Waals surface area contributed by atoms with Crippen molar-refractivity contribution in [1.29, 1.82) is 0 Å². The summed E-state index contributed by atoms with van der Waals surface area (Å²) in [6.07, 6.45) is 5.91. The lowest BCUT2D eigenvalue weighted by atomic mass is 10.1. The second-order valence-corrected chi connectivity index (χ2v) is 3.23. The summed E-state index contributed by atoms with van der Waals surface area (Å²) in [5, 5.41) is -0.379. The molecule has 0 spiro atoms. The molecule has 0 heterocycles. The summed E-state index contributed by atoms with van der Waals surface area (Å²) in [5.74, 6) is 0. The molecule has 0 saturated heterocycles. The zero-order valence-electron chi connectivity index (χ0n) is 7.86. The van der Waals surface area contributed by atoms with Crippen LogP contribution in [-0.4, -0.2) is 5.24 Å². The molecule has 0 atom stereocenters. The van der Waals surface area contributed by atoms with Gasteiger partial charge in [-0.2, -0.15) is 0 Å². The Morgan fingerprint density at radius 1 is 1.33 bits per heavy atom. The molecule has 68 valence electrons. The Morgan fingerprint density at radius 2 is 1.92 bits per heavy atom. The van der Waals surface area contributed by atoms with Crippen LogP contribution in [0.25, 0.3) is 0 Å². The van der Waals surface area contributed by atoms with Crippen molar-refractivity contribution in [1.82, 2.24) is 0 Å². The molecule has 0 radical (unpaired) electrons. The Hall–Kier alpha value is -0.560. The summed E-state index contributed by atoms with van der Waals surface area (Å²) >= 11 is 5.25. The first-order valence-corrected chi connectivity index (χ1v) is 4.49. The second kappa shape index (κ2) is 6.01. The van der Waals surface area contributed by atoms with Crippen LogP contribution in [0, 0.1) is 0 Å². The minimum atomic E-state index is -0.379. The van der Waals surface area contributed by atoms with E-state index in [1.165, 1.54) is 5.57 Å². The van der Waals surface area contributed by atoms with Crippen LogP contribution in [0.15, 0.2) is 23.3 Å². The van der Waals surface area contributed by atoms with Gasteiger partial charge in [0, 0.05) is 5.57 Å². The average molecular weight is 187 g/mol. The number of rotatable bonds is 4. The van der Waals surface area contributed by atoms with E-state index in [1.807, 2.05) is 13.0 Å². The monoisotopic (exact) mass is 186 g/mol. The topological polar surface area (TPSA) is 17.1 Å². The Balaban J connectivity index is 4.17. The molecule has 12 heavy (non-hydrogen) atoms. The average Bonchev–Trinajstić information content (AvgIpc) is 2.00. The fourth-order valence-electron chi connectivity index (χ4n) is 0.810. The lowest BCUT2D eigenvalue weighted by molar-refractivity contribution is -0.108. The Morgan fingerprint density at radius 3 is 2.33 bits per heavy atom. The van der Waals surface area contributed by atoms with E-state index in [1.54, 1.807) is 13.0 Å². The van der Waals surface area contributed by atoms with Gasteiger partial charge in [-0.05, 0) is 31.9 Å². The van der Waals surface area contributed by atoms with E-state index in [2.05, 4.69) is 6.92 Å². The highest BCUT2D eigenvalue weighted by Gasteiger charge is 1.95. The fourth-order valence-corrected chi connectivity index (χ4v) is 0.873. The lowest BCUT2D eigenvalue weighted by Crippen LogP contribution is -1.86. The predicted molar refractivity (Wildman–Crippen MR) is 53.3 cm³/mol. The summed E-state index contributed by atoms with van der Waals surface area (Å²) in [4.78, 5) is 10.6. The first kappa shape index (κ1) is 11.4. The third-order valence-corrected chi connectivity index (χ3v) is 1.87. The highest BCUT2D eigenvalue weighted by molar-refractivity contribution is 6.67.